The van der Waals surface area contributed by atoms with Crippen molar-refractivity contribution in [3.63, 3.8) is 0 Å². The molecule has 0 saturated heterocycles. The summed E-state index contributed by atoms with van der Waals surface area (Å²) in [5.74, 6) is -0.771. The summed E-state index contributed by atoms with van der Waals surface area (Å²) >= 11 is 0. The molecule has 1 saturated carbocycles. The van der Waals surface area contributed by atoms with Crippen LogP contribution in [0.2, 0.25) is 0 Å². The van der Waals surface area contributed by atoms with Crippen molar-refractivity contribution in [3.8, 4) is 0 Å². The Morgan fingerprint density at radius 2 is 2.00 bits per heavy atom. The summed E-state index contributed by atoms with van der Waals surface area (Å²) in [6.07, 6.45) is 2.64. The molecule has 0 aromatic carbocycles. The quantitative estimate of drug-likeness (QED) is 0.844. The summed E-state index contributed by atoms with van der Waals surface area (Å²) in [5.41, 5.74) is 1.16. The van der Waals surface area contributed by atoms with Crippen LogP contribution in [-0.2, 0) is 10.3 Å². The van der Waals surface area contributed by atoms with Crippen molar-refractivity contribution in [2.24, 2.45) is 5.92 Å². The topological polar surface area (TPSA) is 84.2 Å². The highest BCUT2D eigenvalue weighted by atomic mass is 16.4. The molecule has 1 unspecified atom stereocenters. The zero-order valence-electron chi connectivity index (χ0n) is 14.6. The maximum atomic E-state index is 12.4. The molecule has 2 rings (SSSR count). The second kappa shape index (κ2) is 6.34. The van der Waals surface area contributed by atoms with Crippen molar-refractivity contribution in [2.45, 2.75) is 71.4 Å². The normalized spacial score (nSPS) is 16.4. The first kappa shape index (κ1) is 17.5. The summed E-state index contributed by atoms with van der Waals surface area (Å²) < 4.78 is 1.90. The molecule has 6 heteroatoms. The van der Waals surface area contributed by atoms with Crippen LogP contribution in [0.15, 0.2) is 6.07 Å². The van der Waals surface area contributed by atoms with Crippen LogP contribution in [0.5, 0.6) is 0 Å². The summed E-state index contributed by atoms with van der Waals surface area (Å²) in [7, 11) is 0. The number of rotatable bonds is 6. The van der Waals surface area contributed by atoms with Crippen molar-refractivity contribution in [3.05, 3.63) is 17.5 Å². The molecular weight excluding hydrogens is 294 g/mol. The van der Waals surface area contributed by atoms with Gasteiger partial charge < -0.3 is 10.4 Å². The molecule has 128 valence electrons. The third kappa shape index (κ3) is 4.33. The van der Waals surface area contributed by atoms with Crippen LogP contribution >= 0.6 is 0 Å². The molecule has 1 amide bonds. The Morgan fingerprint density at radius 1 is 1.39 bits per heavy atom. The SMILES string of the molecule is CC(C)CC(NC(=O)c1cc(C2CC2)n(C(C)(C)C)n1)C(=O)O. The molecule has 0 spiro atoms. The van der Waals surface area contributed by atoms with E-state index < -0.39 is 17.9 Å². The number of nitrogens with zero attached hydrogens (tertiary/aromatic N) is 2. The van der Waals surface area contributed by atoms with Gasteiger partial charge >= 0.3 is 5.97 Å². The highest BCUT2D eigenvalue weighted by Crippen LogP contribution is 2.41. The molecule has 0 aliphatic heterocycles. The fourth-order valence-electron chi connectivity index (χ4n) is 2.64. The number of carboxylic acid groups (broad SMARTS) is 1. The summed E-state index contributed by atoms with van der Waals surface area (Å²) in [6.45, 7) is 10.0. The average Bonchev–Trinajstić information content (AvgIpc) is 3.14. The van der Waals surface area contributed by atoms with Crippen molar-refractivity contribution in [1.29, 1.82) is 0 Å². The lowest BCUT2D eigenvalue weighted by Crippen LogP contribution is -2.41. The fraction of sp³-hybridized carbons (Fsp3) is 0.706. The first-order chi connectivity index (χ1) is 10.6. The zero-order valence-corrected chi connectivity index (χ0v) is 14.6. The van der Waals surface area contributed by atoms with Gasteiger partial charge in [-0.25, -0.2) is 4.79 Å². The number of carbonyl (C=O) groups excluding carboxylic acids is 1. The third-order valence-corrected chi connectivity index (χ3v) is 3.91. The molecule has 1 aliphatic carbocycles. The van der Waals surface area contributed by atoms with Crippen molar-refractivity contribution < 1.29 is 14.7 Å². The average molecular weight is 321 g/mol. The number of hydrogen-bond acceptors (Lipinski definition) is 3. The fourth-order valence-corrected chi connectivity index (χ4v) is 2.64. The Kier molecular flexibility index (Phi) is 4.82. The second-order valence-electron chi connectivity index (χ2n) is 7.81. The van der Waals surface area contributed by atoms with Gasteiger partial charge in [-0.1, -0.05) is 13.8 Å². The minimum Gasteiger partial charge on any atom is -0.480 e. The van der Waals surface area contributed by atoms with Crippen LogP contribution in [0.25, 0.3) is 0 Å². The van der Waals surface area contributed by atoms with Gasteiger partial charge in [-0.15, -0.1) is 0 Å². The van der Waals surface area contributed by atoms with Gasteiger partial charge in [-0.3, -0.25) is 9.48 Å². The van der Waals surface area contributed by atoms with Gasteiger partial charge in [-0.05, 0) is 52.0 Å². The maximum Gasteiger partial charge on any atom is 0.326 e. The monoisotopic (exact) mass is 321 g/mol. The van der Waals surface area contributed by atoms with Crippen LogP contribution in [-0.4, -0.2) is 32.8 Å². The van der Waals surface area contributed by atoms with Crippen LogP contribution in [0.1, 0.15) is 76.0 Å². The molecule has 1 aromatic rings. The molecule has 0 bridgehead atoms. The molecule has 1 aromatic heterocycles. The Bertz CT molecular complexity index is 595. The van der Waals surface area contributed by atoms with Gasteiger partial charge in [0.05, 0.1) is 5.54 Å². The first-order valence-electron chi connectivity index (χ1n) is 8.23. The predicted molar refractivity (Wildman–Crippen MR) is 87.5 cm³/mol. The Labute approximate surface area is 137 Å². The van der Waals surface area contributed by atoms with Crippen molar-refractivity contribution in [1.82, 2.24) is 15.1 Å². The van der Waals surface area contributed by atoms with E-state index in [1.165, 1.54) is 0 Å². The molecule has 1 heterocycles. The number of aliphatic carboxylic acids is 1. The minimum atomic E-state index is -1.01. The Hall–Kier alpha value is -1.85. The van der Waals surface area contributed by atoms with Gasteiger partial charge in [0.2, 0.25) is 0 Å². The van der Waals surface area contributed by atoms with Gasteiger partial charge in [0.25, 0.3) is 5.91 Å². The minimum absolute atomic E-state index is 0.186. The van der Waals surface area contributed by atoms with Crippen LogP contribution < -0.4 is 5.32 Å². The molecule has 6 nitrogen and oxygen atoms in total. The van der Waals surface area contributed by atoms with Crippen LogP contribution in [0.4, 0.5) is 0 Å². The number of amides is 1. The molecule has 1 fully saturated rings. The standard InChI is InChI=1S/C17H27N3O3/c1-10(2)8-13(16(22)23)18-15(21)12-9-14(11-6-7-11)20(19-12)17(3,4)5/h9-11,13H,6-8H2,1-5H3,(H,18,21)(H,22,23). The predicted octanol–water partition coefficient (Wildman–Crippen LogP) is 2.74. The van der Waals surface area contributed by atoms with Gasteiger partial charge in [0, 0.05) is 11.6 Å². The van der Waals surface area contributed by atoms with E-state index in [9.17, 15) is 14.7 Å². The second-order valence-corrected chi connectivity index (χ2v) is 7.81. The van der Waals surface area contributed by atoms with E-state index in [0.29, 0.717) is 18.0 Å². The largest absolute Gasteiger partial charge is 0.480 e. The molecule has 23 heavy (non-hydrogen) atoms. The maximum absolute atomic E-state index is 12.4. The summed E-state index contributed by atoms with van der Waals surface area (Å²) in [6, 6.07) is 0.929. The van der Waals surface area contributed by atoms with Crippen LogP contribution in [0.3, 0.4) is 0 Å². The molecular formula is C17H27N3O3. The smallest absolute Gasteiger partial charge is 0.326 e. The molecule has 2 N–H and O–H groups in total. The summed E-state index contributed by atoms with van der Waals surface area (Å²) in [4.78, 5) is 23.7. The lowest BCUT2D eigenvalue weighted by molar-refractivity contribution is -0.139. The van der Waals surface area contributed by atoms with E-state index in [-0.39, 0.29) is 11.5 Å². The highest BCUT2D eigenvalue weighted by Gasteiger charge is 2.33. The molecule has 1 aliphatic rings. The number of carboxylic acids is 1. The highest BCUT2D eigenvalue weighted by molar-refractivity contribution is 5.95. The first-order valence-corrected chi connectivity index (χ1v) is 8.23. The van der Waals surface area contributed by atoms with Crippen molar-refractivity contribution in [2.75, 3.05) is 0 Å². The Balaban J connectivity index is 2.20. The van der Waals surface area contributed by atoms with E-state index in [4.69, 9.17) is 0 Å². The number of carbonyl (C=O) groups is 2. The number of nitrogens with one attached hydrogen (secondary N) is 1. The lowest BCUT2D eigenvalue weighted by Gasteiger charge is -2.22. The van der Waals surface area contributed by atoms with Gasteiger partial charge in [-0.2, -0.15) is 5.10 Å². The van der Waals surface area contributed by atoms with Gasteiger partial charge in [0.15, 0.2) is 0 Å². The van der Waals surface area contributed by atoms with E-state index in [0.717, 1.165) is 18.5 Å². The van der Waals surface area contributed by atoms with Crippen molar-refractivity contribution >= 4 is 11.9 Å². The number of aromatic nitrogens is 2. The lowest BCUT2D eigenvalue weighted by atomic mass is 10.0. The zero-order chi connectivity index (χ0) is 17.4. The van der Waals surface area contributed by atoms with Gasteiger partial charge in [0.1, 0.15) is 11.7 Å². The van der Waals surface area contributed by atoms with E-state index in [1.54, 1.807) is 0 Å². The third-order valence-electron chi connectivity index (χ3n) is 3.91. The molecule has 1 atom stereocenters. The van der Waals surface area contributed by atoms with E-state index in [1.807, 2.05) is 45.4 Å². The van der Waals surface area contributed by atoms with E-state index >= 15 is 0 Å². The summed E-state index contributed by atoms with van der Waals surface area (Å²) in [5, 5.41) is 16.3. The van der Waals surface area contributed by atoms with E-state index in [2.05, 4.69) is 10.4 Å². The molecule has 0 radical (unpaired) electrons. The Morgan fingerprint density at radius 3 is 2.43 bits per heavy atom. The van der Waals surface area contributed by atoms with Crippen LogP contribution in [0, 0.1) is 5.92 Å². The number of hydrogen-bond donors (Lipinski definition) is 2.